The van der Waals surface area contributed by atoms with Gasteiger partial charge in [0.15, 0.2) is 0 Å². The lowest BCUT2D eigenvalue weighted by Gasteiger charge is -2.19. The Morgan fingerprint density at radius 2 is 1.80 bits per heavy atom. The molecule has 0 unspecified atom stereocenters. The number of likely N-dealkylation sites (N-methyl/N-ethyl adjacent to an activating group) is 1. The maximum Gasteiger partial charge on any atom is 0.331 e. The van der Waals surface area contributed by atoms with E-state index in [1.165, 1.54) is 6.08 Å². The molecule has 35 heavy (non-hydrogen) atoms. The topological polar surface area (TPSA) is 67.5 Å². The number of nitrogens with one attached hydrogen (secondary N) is 1. The number of imidazole rings is 1. The van der Waals surface area contributed by atoms with Gasteiger partial charge in [0.25, 0.3) is 0 Å². The van der Waals surface area contributed by atoms with Crippen molar-refractivity contribution in [3.05, 3.63) is 83.3 Å². The second-order valence-electron chi connectivity index (χ2n) is 9.52. The summed E-state index contributed by atoms with van der Waals surface area (Å²) in [4.78, 5) is 22.8. The molecule has 6 nitrogen and oxygen atoms in total. The number of carbonyl (C=O) groups excluding carboxylic acids is 1. The molecule has 2 aromatic carbocycles. The maximum absolute atomic E-state index is 11.9. The number of aromatic amines is 1. The first kappa shape index (κ1) is 26.4. The fraction of sp³-hybridized carbons (Fsp3) is 0.379. The quantitative estimate of drug-likeness (QED) is 0.293. The lowest BCUT2D eigenvalue weighted by molar-refractivity contribution is -0.148. The van der Waals surface area contributed by atoms with Gasteiger partial charge in [-0.05, 0) is 44.5 Å². The minimum atomic E-state index is -0.496. The number of carbonyl (C=O) groups is 1. The fourth-order valence-corrected chi connectivity index (χ4v) is 3.73. The normalized spacial score (nSPS) is 11.9. The van der Waals surface area contributed by atoms with Crippen molar-refractivity contribution in [2.24, 2.45) is 0 Å². The van der Waals surface area contributed by atoms with Crippen molar-refractivity contribution in [3.8, 4) is 11.3 Å². The van der Waals surface area contributed by atoms with Crippen LogP contribution in [0.25, 0.3) is 17.3 Å². The van der Waals surface area contributed by atoms with Crippen LogP contribution in [0.4, 0.5) is 0 Å². The summed E-state index contributed by atoms with van der Waals surface area (Å²) in [5, 5.41) is 0. The number of H-pyrrole nitrogens is 1. The number of hydrogen-bond acceptors (Lipinski definition) is 5. The van der Waals surface area contributed by atoms with E-state index in [0.29, 0.717) is 13.0 Å². The first-order chi connectivity index (χ1) is 16.8. The monoisotopic (exact) mass is 475 g/mol. The third kappa shape index (κ3) is 8.50. The van der Waals surface area contributed by atoms with Crippen LogP contribution in [0.1, 0.15) is 50.3 Å². The molecule has 186 valence electrons. The zero-order valence-electron chi connectivity index (χ0n) is 21.5. The number of ether oxygens (including phenoxy) is 2. The number of aromatic nitrogens is 2. The van der Waals surface area contributed by atoms with E-state index < -0.39 is 5.60 Å². The van der Waals surface area contributed by atoms with Crippen molar-refractivity contribution in [2.75, 3.05) is 26.8 Å². The van der Waals surface area contributed by atoms with Gasteiger partial charge in [0.2, 0.25) is 0 Å². The van der Waals surface area contributed by atoms with Crippen molar-refractivity contribution in [2.45, 2.75) is 46.3 Å². The van der Waals surface area contributed by atoms with Gasteiger partial charge >= 0.3 is 5.97 Å². The summed E-state index contributed by atoms with van der Waals surface area (Å²) in [5.74, 6) is 0.587. The lowest BCUT2D eigenvalue weighted by atomic mass is 10.1. The molecule has 1 aromatic heterocycles. The van der Waals surface area contributed by atoms with Crippen molar-refractivity contribution in [3.63, 3.8) is 0 Å². The number of methoxy groups -OCH3 is 1. The molecule has 0 bridgehead atoms. The molecular weight excluding hydrogens is 438 g/mol. The summed E-state index contributed by atoms with van der Waals surface area (Å²) in [6.45, 7) is 11.0. The first-order valence-corrected chi connectivity index (χ1v) is 12.1. The minimum absolute atomic E-state index is 0.343. The molecule has 0 aliphatic heterocycles. The Morgan fingerprint density at radius 1 is 1.09 bits per heavy atom. The number of rotatable bonds is 11. The summed E-state index contributed by atoms with van der Waals surface area (Å²) in [6, 6.07) is 18.4. The highest BCUT2D eigenvalue weighted by Crippen LogP contribution is 2.24. The van der Waals surface area contributed by atoms with E-state index in [0.717, 1.165) is 53.5 Å². The number of nitrogens with zero attached hydrogens (tertiary/aromatic N) is 2. The smallest absolute Gasteiger partial charge is 0.331 e. The van der Waals surface area contributed by atoms with Crippen molar-refractivity contribution < 1.29 is 14.3 Å². The Morgan fingerprint density at radius 3 is 2.43 bits per heavy atom. The second kappa shape index (κ2) is 12.5. The minimum Gasteiger partial charge on any atom is -0.457 e. The Balaban J connectivity index is 1.75. The average Bonchev–Trinajstić information content (AvgIpc) is 3.22. The first-order valence-electron chi connectivity index (χ1n) is 12.1. The molecule has 1 N–H and O–H groups in total. The highest BCUT2D eigenvalue weighted by Gasteiger charge is 2.16. The van der Waals surface area contributed by atoms with E-state index in [4.69, 9.17) is 14.5 Å². The molecule has 0 aliphatic carbocycles. The van der Waals surface area contributed by atoms with E-state index in [1.807, 2.05) is 51.1 Å². The maximum atomic E-state index is 11.9. The summed E-state index contributed by atoms with van der Waals surface area (Å²) in [5.41, 5.74) is 4.81. The van der Waals surface area contributed by atoms with E-state index >= 15 is 0 Å². The van der Waals surface area contributed by atoms with Gasteiger partial charge in [0.05, 0.1) is 18.0 Å². The highest BCUT2D eigenvalue weighted by molar-refractivity contribution is 5.87. The van der Waals surface area contributed by atoms with Gasteiger partial charge < -0.3 is 14.5 Å². The van der Waals surface area contributed by atoms with E-state index in [9.17, 15) is 4.79 Å². The van der Waals surface area contributed by atoms with Gasteiger partial charge in [-0.3, -0.25) is 4.90 Å². The van der Waals surface area contributed by atoms with Crippen LogP contribution in [0, 0.1) is 0 Å². The van der Waals surface area contributed by atoms with Crippen molar-refractivity contribution >= 4 is 12.0 Å². The third-order valence-corrected chi connectivity index (χ3v) is 5.49. The van der Waals surface area contributed by atoms with Gasteiger partial charge in [0, 0.05) is 38.3 Å². The standard InChI is InChI=1S/C29H37N3O3/c1-6-32(18-19-34-5)21-25-28(24-10-8-7-9-11-24)31-26(30-25)20-23-14-12-22(13-15-23)16-17-27(33)35-29(2,3)4/h7-17H,6,18-21H2,1-5H3,(H,30,31)/b17-16+. The van der Waals surface area contributed by atoms with Crippen LogP contribution < -0.4 is 0 Å². The van der Waals surface area contributed by atoms with Crippen LogP contribution in [-0.2, 0) is 27.2 Å². The van der Waals surface area contributed by atoms with Crippen LogP contribution in [0.2, 0.25) is 0 Å². The van der Waals surface area contributed by atoms with Gasteiger partial charge in [-0.2, -0.15) is 0 Å². The Hall–Kier alpha value is -3.22. The van der Waals surface area contributed by atoms with E-state index in [-0.39, 0.29) is 5.97 Å². The fourth-order valence-electron chi connectivity index (χ4n) is 3.73. The summed E-state index contributed by atoms with van der Waals surface area (Å²) in [7, 11) is 1.73. The third-order valence-electron chi connectivity index (χ3n) is 5.49. The van der Waals surface area contributed by atoms with Crippen LogP contribution in [-0.4, -0.2) is 53.2 Å². The van der Waals surface area contributed by atoms with E-state index in [1.54, 1.807) is 13.2 Å². The number of esters is 1. The molecule has 0 fully saturated rings. The molecule has 0 radical (unpaired) electrons. The van der Waals surface area contributed by atoms with Gasteiger partial charge in [-0.25, -0.2) is 9.78 Å². The summed E-state index contributed by atoms with van der Waals surface area (Å²) < 4.78 is 10.6. The van der Waals surface area contributed by atoms with Gasteiger partial charge in [0.1, 0.15) is 11.4 Å². The highest BCUT2D eigenvalue weighted by atomic mass is 16.6. The van der Waals surface area contributed by atoms with Crippen molar-refractivity contribution in [1.82, 2.24) is 14.9 Å². The molecule has 0 amide bonds. The zero-order chi connectivity index (χ0) is 25.3. The molecule has 0 saturated carbocycles. The molecule has 0 spiro atoms. The Labute approximate surface area is 209 Å². The zero-order valence-corrected chi connectivity index (χ0v) is 21.5. The predicted molar refractivity (Wildman–Crippen MR) is 141 cm³/mol. The van der Waals surface area contributed by atoms with Crippen LogP contribution >= 0.6 is 0 Å². The Bertz CT molecular complexity index is 1100. The van der Waals surface area contributed by atoms with Crippen LogP contribution in [0.5, 0.6) is 0 Å². The largest absolute Gasteiger partial charge is 0.457 e. The molecule has 0 atom stereocenters. The van der Waals surface area contributed by atoms with Crippen molar-refractivity contribution in [1.29, 1.82) is 0 Å². The molecule has 3 rings (SSSR count). The summed E-state index contributed by atoms with van der Waals surface area (Å²) >= 11 is 0. The van der Waals surface area contributed by atoms with Gasteiger partial charge in [-0.1, -0.05) is 61.5 Å². The van der Waals surface area contributed by atoms with E-state index in [2.05, 4.69) is 41.1 Å². The lowest BCUT2D eigenvalue weighted by Crippen LogP contribution is -2.27. The molecule has 6 heteroatoms. The van der Waals surface area contributed by atoms with Crippen LogP contribution in [0.15, 0.2) is 60.7 Å². The van der Waals surface area contributed by atoms with Crippen LogP contribution in [0.3, 0.4) is 0 Å². The SMILES string of the molecule is CCN(CCOC)Cc1[nH]c(Cc2ccc(/C=C/C(=O)OC(C)(C)C)cc2)nc1-c1ccccc1. The number of hydrogen-bond donors (Lipinski definition) is 1. The second-order valence-corrected chi connectivity index (χ2v) is 9.52. The molecule has 0 saturated heterocycles. The average molecular weight is 476 g/mol. The predicted octanol–water partition coefficient (Wildman–Crippen LogP) is 5.49. The van der Waals surface area contributed by atoms with Gasteiger partial charge in [-0.15, -0.1) is 0 Å². The molecule has 3 aromatic rings. The molecular formula is C29H37N3O3. The number of benzene rings is 2. The summed E-state index contributed by atoms with van der Waals surface area (Å²) in [6.07, 6.45) is 3.93. The molecule has 1 heterocycles. The molecule has 0 aliphatic rings. The Kier molecular flexibility index (Phi) is 9.40.